The Kier molecular flexibility index (Phi) is 7.06. The van der Waals surface area contributed by atoms with E-state index >= 15 is 0 Å². The number of nitro benzene ring substituents is 1. The van der Waals surface area contributed by atoms with Crippen LogP contribution in [0.2, 0.25) is 0 Å². The number of nitrogens with zero attached hydrogens (tertiary/aromatic N) is 3. The molecule has 146 valence electrons. The zero-order chi connectivity index (χ0) is 20.8. The molecule has 1 aliphatic heterocycles. The van der Waals surface area contributed by atoms with Crippen molar-refractivity contribution in [2.45, 2.75) is 26.7 Å². The molecule has 28 heavy (non-hydrogen) atoms. The molecule has 1 aromatic rings. The van der Waals surface area contributed by atoms with Crippen LogP contribution < -0.4 is 0 Å². The lowest BCUT2D eigenvalue weighted by atomic mass is 9.76. The molecule has 0 bridgehead atoms. The van der Waals surface area contributed by atoms with Crippen molar-refractivity contribution in [2.75, 3.05) is 12.4 Å². The average molecular weight is 401 g/mol. The van der Waals surface area contributed by atoms with Gasteiger partial charge in [0.1, 0.15) is 0 Å². The summed E-state index contributed by atoms with van der Waals surface area (Å²) in [4.78, 5) is 39.2. The number of non-ortho nitro benzene ring substituents is 1. The highest BCUT2D eigenvalue weighted by molar-refractivity contribution is 8.13. The van der Waals surface area contributed by atoms with E-state index < -0.39 is 22.7 Å². The number of benzene rings is 1. The van der Waals surface area contributed by atoms with Gasteiger partial charge in [-0.2, -0.15) is 5.26 Å². The Labute approximate surface area is 166 Å². The van der Waals surface area contributed by atoms with Crippen molar-refractivity contribution in [2.24, 2.45) is 10.9 Å². The van der Waals surface area contributed by atoms with Gasteiger partial charge in [0.15, 0.2) is 5.12 Å². The van der Waals surface area contributed by atoms with Crippen LogP contribution in [0, 0.1) is 27.4 Å². The van der Waals surface area contributed by atoms with Gasteiger partial charge in [-0.15, -0.1) is 0 Å². The van der Waals surface area contributed by atoms with E-state index in [1.54, 1.807) is 19.9 Å². The fourth-order valence-corrected chi connectivity index (χ4v) is 3.58. The third-order valence-corrected chi connectivity index (χ3v) is 5.03. The maximum absolute atomic E-state index is 12.7. The molecule has 2 atom stereocenters. The van der Waals surface area contributed by atoms with E-state index in [4.69, 9.17) is 4.74 Å². The van der Waals surface area contributed by atoms with Crippen molar-refractivity contribution >= 4 is 34.2 Å². The maximum atomic E-state index is 12.7. The first kappa shape index (κ1) is 21.3. The van der Waals surface area contributed by atoms with E-state index in [0.29, 0.717) is 17.0 Å². The molecule has 8 nitrogen and oxygen atoms in total. The second kappa shape index (κ2) is 9.28. The van der Waals surface area contributed by atoms with Gasteiger partial charge in [0.2, 0.25) is 0 Å². The minimum absolute atomic E-state index is 0.122. The van der Waals surface area contributed by atoms with Gasteiger partial charge in [0, 0.05) is 36.4 Å². The minimum Gasteiger partial charge on any atom is -0.463 e. The van der Waals surface area contributed by atoms with Gasteiger partial charge in [-0.05, 0) is 19.4 Å². The molecule has 0 fully saturated rings. The molecule has 0 N–H and O–H groups in total. The largest absolute Gasteiger partial charge is 0.463 e. The van der Waals surface area contributed by atoms with Gasteiger partial charge >= 0.3 is 5.97 Å². The normalized spacial score (nSPS) is 18.9. The fraction of sp³-hybridized carbons (Fsp3) is 0.368. The third-order valence-electron chi connectivity index (χ3n) is 4.20. The summed E-state index contributed by atoms with van der Waals surface area (Å²) in [6.07, 6.45) is 0. The summed E-state index contributed by atoms with van der Waals surface area (Å²) in [5.41, 5.74) is 1.29. The van der Waals surface area contributed by atoms with Crippen LogP contribution in [0.15, 0.2) is 40.5 Å². The number of nitro groups is 1. The summed E-state index contributed by atoms with van der Waals surface area (Å²) >= 11 is 0.990. The molecule has 2 rings (SSSR count). The van der Waals surface area contributed by atoms with Crippen LogP contribution in [0.25, 0.3) is 0 Å². The van der Waals surface area contributed by atoms with E-state index in [9.17, 15) is 25.0 Å². The Morgan fingerprint density at radius 3 is 2.71 bits per heavy atom. The zero-order valence-electron chi connectivity index (χ0n) is 15.7. The lowest BCUT2D eigenvalue weighted by Crippen LogP contribution is -2.30. The molecule has 0 saturated carbocycles. The van der Waals surface area contributed by atoms with E-state index in [0.717, 1.165) is 11.8 Å². The van der Waals surface area contributed by atoms with Crippen molar-refractivity contribution < 1.29 is 19.2 Å². The molecule has 2 unspecified atom stereocenters. The molecule has 9 heteroatoms. The second-order valence-corrected chi connectivity index (χ2v) is 7.20. The highest BCUT2D eigenvalue weighted by atomic mass is 32.2. The summed E-state index contributed by atoms with van der Waals surface area (Å²) in [5.74, 6) is -2.06. The Bertz CT molecular complexity index is 916. The van der Waals surface area contributed by atoms with Crippen molar-refractivity contribution in [1.29, 1.82) is 5.26 Å². The number of carbonyl (C=O) groups excluding carboxylic acids is 2. The predicted octanol–water partition coefficient (Wildman–Crippen LogP) is 3.39. The first-order chi connectivity index (χ1) is 13.3. The Hall–Kier alpha value is -2.99. The molecular formula is C19H19N3O5S. The summed E-state index contributed by atoms with van der Waals surface area (Å²) in [5, 5.41) is 20.7. The van der Waals surface area contributed by atoms with E-state index in [-0.39, 0.29) is 28.7 Å². The third kappa shape index (κ3) is 4.64. The summed E-state index contributed by atoms with van der Waals surface area (Å²) < 4.78 is 5.17. The minimum atomic E-state index is -0.785. The topological polar surface area (TPSA) is 123 Å². The summed E-state index contributed by atoms with van der Waals surface area (Å²) in [6.45, 7) is 4.85. The number of thioether (sulfide) groups is 1. The molecule has 1 aliphatic rings. The van der Waals surface area contributed by atoms with E-state index in [1.807, 2.05) is 0 Å². The zero-order valence-corrected chi connectivity index (χ0v) is 16.5. The summed E-state index contributed by atoms with van der Waals surface area (Å²) in [7, 11) is 0. The van der Waals surface area contributed by atoms with Crippen molar-refractivity contribution in [3.05, 3.63) is 51.2 Å². The Balaban J connectivity index is 2.68. The van der Waals surface area contributed by atoms with Crippen LogP contribution in [-0.4, -0.2) is 34.1 Å². The van der Waals surface area contributed by atoms with Gasteiger partial charge < -0.3 is 4.74 Å². The van der Waals surface area contributed by atoms with Gasteiger partial charge in [-0.3, -0.25) is 19.9 Å². The molecule has 0 radical (unpaired) electrons. The maximum Gasteiger partial charge on any atom is 0.336 e. The molecule has 1 heterocycles. The number of nitriles is 1. The standard InChI is InChI=1S/C19H19N3O5S/c1-4-27-19(24)18-16(10-28-12(3)23)21-11(2)15(9-20)17(18)13-6-5-7-14(8-13)22(25)26/h5-8,15,17H,4,10H2,1-3H3. The Morgan fingerprint density at radius 2 is 2.14 bits per heavy atom. The first-order valence-corrected chi connectivity index (χ1v) is 9.51. The second-order valence-electron chi connectivity index (χ2n) is 6.05. The van der Waals surface area contributed by atoms with Crippen LogP contribution in [0.1, 0.15) is 32.3 Å². The van der Waals surface area contributed by atoms with Crippen LogP contribution in [0.5, 0.6) is 0 Å². The van der Waals surface area contributed by atoms with Crippen LogP contribution in [0.4, 0.5) is 5.69 Å². The number of esters is 1. The molecule has 0 aliphatic carbocycles. The monoisotopic (exact) mass is 401 g/mol. The van der Waals surface area contributed by atoms with Gasteiger partial charge in [-0.25, -0.2) is 4.79 Å². The van der Waals surface area contributed by atoms with Crippen molar-refractivity contribution in [1.82, 2.24) is 0 Å². The molecule has 0 saturated heterocycles. The first-order valence-electron chi connectivity index (χ1n) is 8.52. The average Bonchev–Trinajstić information content (AvgIpc) is 2.65. The van der Waals surface area contributed by atoms with Gasteiger partial charge in [-0.1, -0.05) is 23.9 Å². The fourth-order valence-electron chi connectivity index (χ4n) is 3.02. The lowest BCUT2D eigenvalue weighted by Gasteiger charge is -2.29. The molecule has 1 aromatic carbocycles. The van der Waals surface area contributed by atoms with E-state index in [2.05, 4.69) is 11.1 Å². The highest BCUT2D eigenvalue weighted by Gasteiger charge is 2.39. The van der Waals surface area contributed by atoms with Gasteiger partial charge in [0.05, 0.1) is 34.8 Å². The number of carbonyl (C=O) groups is 2. The quantitative estimate of drug-likeness (QED) is 0.406. The number of ether oxygens (including phenoxy) is 1. The van der Waals surface area contributed by atoms with Crippen LogP contribution >= 0.6 is 11.8 Å². The predicted molar refractivity (Wildman–Crippen MR) is 105 cm³/mol. The highest BCUT2D eigenvalue weighted by Crippen LogP contribution is 2.40. The van der Waals surface area contributed by atoms with Crippen molar-refractivity contribution in [3.63, 3.8) is 0 Å². The van der Waals surface area contributed by atoms with E-state index in [1.165, 1.54) is 25.1 Å². The Morgan fingerprint density at radius 1 is 1.43 bits per heavy atom. The number of hydrogen-bond acceptors (Lipinski definition) is 8. The molecule has 0 aromatic heterocycles. The molecule has 0 amide bonds. The SMILES string of the molecule is CCOC(=O)C1=C(CSC(C)=O)N=C(C)C(C#N)C1c1cccc([N+](=O)[O-])c1. The number of hydrogen-bond donors (Lipinski definition) is 0. The van der Waals surface area contributed by atoms with Gasteiger partial charge in [0.25, 0.3) is 5.69 Å². The molecule has 0 spiro atoms. The molecular weight excluding hydrogens is 382 g/mol. The van der Waals surface area contributed by atoms with Crippen LogP contribution in [-0.2, 0) is 14.3 Å². The van der Waals surface area contributed by atoms with Crippen LogP contribution in [0.3, 0.4) is 0 Å². The van der Waals surface area contributed by atoms with Crippen molar-refractivity contribution in [3.8, 4) is 6.07 Å². The smallest absolute Gasteiger partial charge is 0.336 e. The number of rotatable bonds is 6. The number of aliphatic imine (C=N–C) groups is 1. The summed E-state index contributed by atoms with van der Waals surface area (Å²) in [6, 6.07) is 7.98. The lowest BCUT2D eigenvalue weighted by molar-refractivity contribution is -0.384.